The summed E-state index contributed by atoms with van der Waals surface area (Å²) in [6.07, 6.45) is 0. The van der Waals surface area contributed by atoms with Crippen molar-refractivity contribution >= 4 is 22.8 Å². The molecule has 2 heterocycles. The third-order valence-corrected chi connectivity index (χ3v) is 2.38. The molecule has 1 aliphatic heterocycles. The van der Waals surface area contributed by atoms with Crippen LogP contribution in [0.5, 0.6) is 5.75 Å². The number of carbonyl (C=O) groups is 2. The summed E-state index contributed by atoms with van der Waals surface area (Å²) in [6.45, 7) is 0. The molecule has 1 aromatic heterocycles. The molecule has 1 aliphatic rings. The summed E-state index contributed by atoms with van der Waals surface area (Å²) >= 11 is 0. The second-order valence-electron chi connectivity index (χ2n) is 3.44. The lowest BCUT2D eigenvalue weighted by Crippen LogP contribution is -2.31. The van der Waals surface area contributed by atoms with Gasteiger partial charge in [-0.3, -0.25) is 4.79 Å². The number of rotatable bonds is 0. The standard InChI is InChI=1S/C11H5NO5/c13-9-8-5-6-3-1-2-4-7(6)12(9)17-11(15)10(14)16-8/h1-5H. The average Bonchev–Trinajstić information content (AvgIpc) is 2.40. The van der Waals surface area contributed by atoms with E-state index in [1.807, 2.05) is 0 Å². The minimum Gasteiger partial charge on any atom is -0.412 e. The molecule has 0 saturated carbocycles. The summed E-state index contributed by atoms with van der Waals surface area (Å²) in [4.78, 5) is 38.8. The van der Waals surface area contributed by atoms with Crippen molar-refractivity contribution in [2.45, 2.75) is 0 Å². The van der Waals surface area contributed by atoms with Crippen LogP contribution < -0.4 is 15.1 Å². The Kier molecular flexibility index (Phi) is 1.79. The number of ether oxygens (including phenoxy) is 1. The zero-order valence-corrected chi connectivity index (χ0v) is 8.38. The van der Waals surface area contributed by atoms with Gasteiger partial charge in [0.15, 0.2) is 5.75 Å². The molecular formula is C11H5NO5. The fraction of sp³-hybridized carbons (Fsp3) is 0. The van der Waals surface area contributed by atoms with Gasteiger partial charge >= 0.3 is 17.5 Å². The lowest BCUT2D eigenvalue weighted by molar-refractivity contribution is -0.160. The van der Waals surface area contributed by atoms with Crippen LogP contribution in [0, 0.1) is 0 Å². The highest BCUT2D eigenvalue weighted by atomic mass is 16.7. The van der Waals surface area contributed by atoms with Crippen molar-refractivity contribution in [1.29, 1.82) is 0 Å². The van der Waals surface area contributed by atoms with Crippen molar-refractivity contribution in [3.05, 3.63) is 40.7 Å². The molecule has 0 spiro atoms. The van der Waals surface area contributed by atoms with Gasteiger partial charge in [0, 0.05) is 5.39 Å². The van der Waals surface area contributed by atoms with Gasteiger partial charge in [-0.2, -0.15) is 0 Å². The Morgan fingerprint density at radius 1 is 1.00 bits per heavy atom. The predicted octanol–water partition coefficient (Wildman–Crippen LogP) is -0.124. The molecule has 2 bridgehead atoms. The quantitative estimate of drug-likeness (QED) is 0.466. The maximum atomic E-state index is 11.8. The predicted molar refractivity (Wildman–Crippen MR) is 55.4 cm³/mol. The number of carbonyl (C=O) groups excluding carboxylic acids is 2. The van der Waals surface area contributed by atoms with Gasteiger partial charge in [-0.05, 0) is 12.1 Å². The van der Waals surface area contributed by atoms with Gasteiger partial charge in [0.05, 0.1) is 5.52 Å². The van der Waals surface area contributed by atoms with Crippen molar-refractivity contribution in [3.8, 4) is 5.75 Å². The molecule has 0 fully saturated rings. The summed E-state index contributed by atoms with van der Waals surface area (Å²) in [5.41, 5.74) is -0.282. The number of para-hydroxylation sites is 1. The molecule has 6 heteroatoms. The van der Waals surface area contributed by atoms with E-state index in [0.717, 1.165) is 4.73 Å². The number of aromatic nitrogens is 1. The van der Waals surface area contributed by atoms with Crippen LogP contribution in [-0.2, 0) is 9.59 Å². The maximum absolute atomic E-state index is 11.8. The van der Waals surface area contributed by atoms with Crippen molar-refractivity contribution in [2.75, 3.05) is 0 Å². The minimum absolute atomic E-state index is 0.223. The highest BCUT2D eigenvalue weighted by Gasteiger charge is 2.27. The molecule has 0 amide bonds. The average molecular weight is 231 g/mol. The van der Waals surface area contributed by atoms with Crippen molar-refractivity contribution < 1.29 is 19.2 Å². The molecule has 1 aromatic carbocycles. The summed E-state index contributed by atoms with van der Waals surface area (Å²) in [6, 6.07) is 8.15. The number of benzene rings is 1. The molecule has 0 saturated heterocycles. The Hall–Kier alpha value is -2.63. The van der Waals surface area contributed by atoms with E-state index in [-0.39, 0.29) is 5.75 Å². The Labute approximate surface area is 93.9 Å². The Bertz CT molecular complexity index is 715. The molecular weight excluding hydrogens is 226 g/mol. The fourth-order valence-electron chi connectivity index (χ4n) is 1.63. The van der Waals surface area contributed by atoms with Crippen molar-refractivity contribution in [2.24, 2.45) is 0 Å². The van der Waals surface area contributed by atoms with Crippen LogP contribution in [0.4, 0.5) is 0 Å². The number of hydrogen-bond acceptors (Lipinski definition) is 5. The Morgan fingerprint density at radius 3 is 2.59 bits per heavy atom. The number of pyridine rings is 1. The monoisotopic (exact) mass is 231 g/mol. The van der Waals surface area contributed by atoms with E-state index in [1.165, 1.54) is 6.07 Å². The van der Waals surface area contributed by atoms with Crippen LogP contribution >= 0.6 is 0 Å². The number of hydrogen-bond donors (Lipinski definition) is 0. The normalized spacial score (nSPS) is 14.1. The van der Waals surface area contributed by atoms with Gasteiger partial charge in [0.1, 0.15) is 0 Å². The highest BCUT2D eigenvalue weighted by molar-refractivity contribution is 6.30. The summed E-state index contributed by atoms with van der Waals surface area (Å²) in [7, 11) is 0. The zero-order valence-electron chi connectivity index (χ0n) is 8.38. The van der Waals surface area contributed by atoms with Gasteiger partial charge in [-0.15, -0.1) is 4.73 Å². The molecule has 2 aromatic rings. The first-order chi connectivity index (χ1) is 8.16. The molecule has 3 rings (SSSR count). The maximum Gasteiger partial charge on any atom is 0.442 e. The van der Waals surface area contributed by atoms with E-state index in [1.54, 1.807) is 24.3 Å². The van der Waals surface area contributed by atoms with Gasteiger partial charge in [-0.25, -0.2) is 9.59 Å². The highest BCUT2D eigenvalue weighted by Crippen LogP contribution is 2.17. The van der Waals surface area contributed by atoms with E-state index in [4.69, 9.17) is 0 Å². The Morgan fingerprint density at radius 2 is 1.76 bits per heavy atom. The molecule has 0 aliphatic carbocycles. The molecule has 0 N–H and O–H groups in total. The number of esters is 1. The van der Waals surface area contributed by atoms with Crippen LogP contribution in [0.3, 0.4) is 0 Å². The van der Waals surface area contributed by atoms with Crippen LogP contribution in [-0.4, -0.2) is 16.7 Å². The van der Waals surface area contributed by atoms with Crippen molar-refractivity contribution in [1.82, 2.24) is 4.73 Å². The summed E-state index contributed by atoms with van der Waals surface area (Å²) in [5.74, 6) is -2.65. The first kappa shape index (κ1) is 9.59. The molecule has 0 radical (unpaired) electrons. The van der Waals surface area contributed by atoms with Gasteiger partial charge < -0.3 is 9.57 Å². The second-order valence-corrected chi connectivity index (χ2v) is 3.44. The third-order valence-electron chi connectivity index (χ3n) is 2.38. The third kappa shape index (κ3) is 1.31. The van der Waals surface area contributed by atoms with Gasteiger partial charge in [0.2, 0.25) is 0 Å². The number of fused-ring (bicyclic) bond motifs is 4. The number of nitrogens with zero attached hydrogens (tertiary/aromatic N) is 1. The second kappa shape index (κ2) is 3.18. The van der Waals surface area contributed by atoms with Crippen LogP contribution in [0.25, 0.3) is 10.9 Å². The van der Waals surface area contributed by atoms with Crippen molar-refractivity contribution in [3.63, 3.8) is 0 Å². The van der Waals surface area contributed by atoms with Crippen LogP contribution in [0.2, 0.25) is 0 Å². The van der Waals surface area contributed by atoms with E-state index in [0.29, 0.717) is 10.9 Å². The first-order valence-corrected chi connectivity index (χ1v) is 4.76. The fourth-order valence-corrected chi connectivity index (χ4v) is 1.63. The van der Waals surface area contributed by atoms with E-state index in [2.05, 4.69) is 9.57 Å². The molecule has 0 atom stereocenters. The zero-order chi connectivity index (χ0) is 12.0. The van der Waals surface area contributed by atoms with Crippen LogP contribution in [0.1, 0.15) is 0 Å². The summed E-state index contributed by atoms with van der Waals surface area (Å²) in [5, 5.41) is 0.629. The van der Waals surface area contributed by atoms with E-state index in [9.17, 15) is 14.4 Å². The SMILES string of the molecule is O=C1Oc2cc3ccccc3n(c2=O)OC1=O. The lowest BCUT2D eigenvalue weighted by atomic mass is 10.2. The van der Waals surface area contributed by atoms with Gasteiger partial charge in [0.25, 0.3) is 0 Å². The molecule has 0 unspecified atom stereocenters. The Balaban J connectivity index is 2.44. The lowest BCUT2D eigenvalue weighted by Gasteiger charge is -2.05. The van der Waals surface area contributed by atoms with Gasteiger partial charge in [-0.1, -0.05) is 18.2 Å². The smallest absolute Gasteiger partial charge is 0.412 e. The van der Waals surface area contributed by atoms with Crippen LogP contribution in [0.15, 0.2) is 35.1 Å². The molecule has 84 valence electrons. The largest absolute Gasteiger partial charge is 0.442 e. The first-order valence-electron chi connectivity index (χ1n) is 4.76. The summed E-state index contributed by atoms with van der Waals surface area (Å²) < 4.78 is 5.38. The minimum atomic E-state index is -1.22. The topological polar surface area (TPSA) is 74.6 Å². The van der Waals surface area contributed by atoms with E-state index >= 15 is 0 Å². The molecule has 6 nitrogen and oxygen atoms in total. The van der Waals surface area contributed by atoms with E-state index < -0.39 is 17.5 Å². The molecule has 17 heavy (non-hydrogen) atoms.